The monoisotopic (exact) mass is 461 g/mol. The number of phenols is 1. The van der Waals surface area contributed by atoms with Crippen LogP contribution in [0.2, 0.25) is 0 Å². The van der Waals surface area contributed by atoms with Crippen molar-refractivity contribution < 1.29 is 19.0 Å². The van der Waals surface area contributed by atoms with Gasteiger partial charge in [-0.3, -0.25) is 14.6 Å². The van der Waals surface area contributed by atoms with Gasteiger partial charge in [0.1, 0.15) is 23.0 Å². The van der Waals surface area contributed by atoms with Crippen LogP contribution < -0.4 is 15.0 Å². The number of carbonyl (C=O) groups excluding carboxylic acids is 1. The molecule has 6 nitrogen and oxygen atoms in total. The molecule has 0 bridgehead atoms. The Labute approximate surface area is 198 Å². The largest absolute Gasteiger partial charge is 0.508 e. The van der Waals surface area contributed by atoms with Gasteiger partial charge in [0.05, 0.1) is 12.7 Å². The summed E-state index contributed by atoms with van der Waals surface area (Å²) in [4.78, 5) is 17.9. The molecule has 5 rings (SSSR count). The lowest BCUT2D eigenvalue weighted by Gasteiger charge is -2.52. The van der Waals surface area contributed by atoms with E-state index in [1.807, 2.05) is 41.3 Å². The molecule has 7 heteroatoms. The van der Waals surface area contributed by atoms with E-state index in [4.69, 9.17) is 4.74 Å². The van der Waals surface area contributed by atoms with E-state index in [2.05, 4.69) is 10.2 Å². The molecule has 0 aromatic heterocycles. The summed E-state index contributed by atoms with van der Waals surface area (Å²) < 4.78 is 19.0. The lowest BCUT2D eigenvalue weighted by molar-refractivity contribution is 0.0903. The van der Waals surface area contributed by atoms with E-state index >= 15 is 0 Å². The molecule has 1 spiro atoms. The van der Waals surface area contributed by atoms with E-state index in [1.54, 1.807) is 26.2 Å². The van der Waals surface area contributed by atoms with Crippen LogP contribution in [0.25, 0.3) is 0 Å². The van der Waals surface area contributed by atoms with Gasteiger partial charge in [0.25, 0.3) is 5.91 Å². The first-order chi connectivity index (χ1) is 16.4. The zero-order valence-corrected chi connectivity index (χ0v) is 19.3. The number of halogens is 1. The van der Waals surface area contributed by atoms with E-state index in [1.165, 1.54) is 12.1 Å². The topological polar surface area (TPSA) is 65.0 Å². The smallest absolute Gasteiger partial charge is 0.262 e. The molecule has 2 N–H and O–H groups in total. The van der Waals surface area contributed by atoms with Gasteiger partial charge in [-0.1, -0.05) is 12.1 Å². The first kappa shape index (κ1) is 22.2. The first-order valence-electron chi connectivity index (χ1n) is 11.5. The Hall–Kier alpha value is -3.58. The number of aryl methyl sites for hydroxylation is 1. The molecule has 2 aliphatic heterocycles. The molecule has 3 aromatic rings. The molecule has 0 aliphatic carbocycles. The average Bonchev–Trinajstić information content (AvgIpc) is 2.84. The number of carbonyl (C=O) groups is 1. The number of phenolic OH excluding ortho intramolecular Hbond substituents is 1. The third-order valence-electron chi connectivity index (χ3n) is 6.87. The molecule has 2 aliphatic rings. The number of methoxy groups -OCH3 is 1. The van der Waals surface area contributed by atoms with Gasteiger partial charge in [0, 0.05) is 43.9 Å². The maximum atomic E-state index is 13.7. The average molecular weight is 462 g/mol. The summed E-state index contributed by atoms with van der Waals surface area (Å²) in [7, 11) is 1.61. The molecule has 1 amide bonds. The number of piperidine rings is 1. The minimum atomic E-state index is -0.592. The van der Waals surface area contributed by atoms with Crippen LogP contribution in [0.4, 0.5) is 15.8 Å². The Morgan fingerprint density at radius 2 is 1.79 bits per heavy atom. The van der Waals surface area contributed by atoms with E-state index in [0.29, 0.717) is 24.0 Å². The van der Waals surface area contributed by atoms with Crippen molar-refractivity contribution >= 4 is 17.3 Å². The maximum Gasteiger partial charge on any atom is 0.262 e. The molecule has 3 aromatic carbocycles. The van der Waals surface area contributed by atoms with Gasteiger partial charge in [0.2, 0.25) is 0 Å². The van der Waals surface area contributed by atoms with E-state index in [9.17, 15) is 14.3 Å². The van der Waals surface area contributed by atoms with Gasteiger partial charge in [0.15, 0.2) is 0 Å². The van der Waals surface area contributed by atoms with Gasteiger partial charge >= 0.3 is 0 Å². The number of hydrogen-bond acceptors (Lipinski definition) is 5. The molecule has 176 valence electrons. The first-order valence-corrected chi connectivity index (χ1v) is 11.5. The van der Waals surface area contributed by atoms with Crippen molar-refractivity contribution in [2.75, 3.05) is 30.4 Å². The molecule has 0 unspecified atom stereocenters. The number of hydrogen-bond donors (Lipinski definition) is 2. The molecular formula is C27H28FN3O3. The van der Waals surface area contributed by atoms with Crippen LogP contribution in [0.15, 0.2) is 60.7 Å². The lowest BCUT2D eigenvalue weighted by atomic mass is 9.89. The van der Waals surface area contributed by atoms with Crippen molar-refractivity contribution in [3.05, 3.63) is 83.2 Å². The van der Waals surface area contributed by atoms with Crippen molar-refractivity contribution in [1.29, 1.82) is 0 Å². The van der Waals surface area contributed by atoms with Crippen LogP contribution in [-0.2, 0) is 6.54 Å². The second kappa shape index (κ2) is 8.65. The molecule has 0 atom stereocenters. The summed E-state index contributed by atoms with van der Waals surface area (Å²) in [5.41, 5.74) is 3.09. The maximum absolute atomic E-state index is 13.7. The number of fused-ring (bicyclic) bond motifs is 1. The lowest BCUT2D eigenvalue weighted by Crippen LogP contribution is -2.64. The van der Waals surface area contributed by atoms with Crippen molar-refractivity contribution in [3.63, 3.8) is 0 Å². The number of amides is 1. The molecular weight excluding hydrogens is 433 g/mol. The van der Waals surface area contributed by atoms with Crippen LogP contribution in [0, 0.1) is 12.7 Å². The normalized spacial score (nSPS) is 17.4. The van der Waals surface area contributed by atoms with E-state index in [0.717, 1.165) is 42.3 Å². The van der Waals surface area contributed by atoms with E-state index in [-0.39, 0.29) is 17.5 Å². The van der Waals surface area contributed by atoms with Gasteiger partial charge in [-0.2, -0.15) is 0 Å². The predicted molar refractivity (Wildman–Crippen MR) is 130 cm³/mol. The van der Waals surface area contributed by atoms with Crippen LogP contribution in [0.1, 0.15) is 34.3 Å². The molecule has 1 fully saturated rings. The third-order valence-corrected chi connectivity index (χ3v) is 6.87. The standard InChI is InChI=1S/C27H28FN3O3/c1-18-15-19(3-9-24(18)28)17-30-13-11-27(12-14-30)29-25-10-6-21(32)16-23(25)26(33)31(27)20-4-7-22(34-2)8-5-20/h3-10,15-16,29,32H,11-14,17H2,1-2H3. The van der Waals surface area contributed by atoms with E-state index < -0.39 is 5.66 Å². The van der Waals surface area contributed by atoms with Crippen molar-refractivity contribution in [2.24, 2.45) is 0 Å². The Kier molecular flexibility index (Phi) is 5.65. The highest BCUT2D eigenvalue weighted by atomic mass is 19.1. The number of benzene rings is 3. The Morgan fingerprint density at radius 1 is 1.06 bits per heavy atom. The number of nitrogens with zero attached hydrogens (tertiary/aromatic N) is 2. The number of anilines is 2. The van der Waals surface area contributed by atoms with Gasteiger partial charge < -0.3 is 15.2 Å². The summed E-state index contributed by atoms with van der Waals surface area (Å²) in [5, 5.41) is 13.6. The second-order valence-corrected chi connectivity index (χ2v) is 9.08. The highest BCUT2D eigenvalue weighted by molar-refractivity contribution is 6.13. The minimum Gasteiger partial charge on any atom is -0.508 e. The van der Waals surface area contributed by atoms with Crippen molar-refractivity contribution in [1.82, 2.24) is 4.90 Å². The minimum absolute atomic E-state index is 0.0592. The second-order valence-electron chi connectivity index (χ2n) is 9.08. The molecule has 1 saturated heterocycles. The fourth-order valence-corrected chi connectivity index (χ4v) is 5.03. The summed E-state index contributed by atoms with van der Waals surface area (Å²) in [6.07, 6.45) is 1.43. The number of ether oxygens (including phenoxy) is 1. The molecule has 0 radical (unpaired) electrons. The number of nitrogens with one attached hydrogen (secondary N) is 1. The summed E-state index contributed by atoms with van der Waals surface area (Å²) >= 11 is 0. The predicted octanol–water partition coefficient (Wildman–Crippen LogP) is 4.91. The summed E-state index contributed by atoms with van der Waals surface area (Å²) in [6.45, 7) is 4.06. The number of rotatable bonds is 4. The molecule has 34 heavy (non-hydrogen) atoms. The quantitative estimate of drug-likeness (QED) is 0.541. The van der Waals surface area contributed by atoms with Crippen molar-refractivity contribution in [3.8, 4) is 11.5 Å². The number of aromatic hydroxyl groups is 1. The van der Waals surface area contributed by atoms with Crippen LogP contribution in [0.3, 0.4) is 0 Å². The van der Waals surface area contributed by atoms with Crippen molar-refractivity contribution in [2.45, 2.75) is 32.0 Å². The molecule has 0 saturated carbocycles. The SMILES string of the molecule is COc1ccc(N2C(=O)c3cc(O)ccc3NC23CCN(Cc2ccc(F)c(C)c2)CC3)cc1. The molecule has 2 heterocycles. The van der Waals surface area contributed by atoms with Crippen LogP contribution >= 0.6 is 0 Å². The Morgan fingerprint density at radius 3 is 2.47 bits per heavy atom. The Balaban J connectivity index is 1.44. The van der Waals surface area contributed by atoms with Crippen LogP contribution in [-0.4, -0.2) is 41.8 Å². The highest BCUT2D eigenvalue weighted by Gasteiger charge is 2.47. The van der Waals surface area contributed by atoms with Gasteiger partial charge in [-0.05, 0) is 66.6 Å². The van der Waals surface area contributed by atoms with Crippen LogP contribution in [0.5, 0.6) is 11.5 Å². The van der Waals surface area contributed by atoms with Gasteiger partial charge in [-0.25, -0.2) is 4.39 Å². The highest BCUT2D eigenvalue weighted by Crippen LogP contribution is 2.42. The number of likely N-dealkylation sites (tertiary alicyclic amines) is 1. The summed E-state index contributed by atoms with van der Waals surface area (Å²) in [5.74, 6) is 0.449. The van der Waals surface area contributed by atoms with Gasteiger partial charge in [-0.15, -0.1) is 0 Å². The fraction of sp³-hybridized carbons (Fsp3) is 0.296. The third kappa shape index (κ3) is 3.96. The Bertz CT molecular complexity index is 1220. The fourth-order valence-electron chi connectivity index (χ4n) is 5.03. The summed E-state index contributed by atoms with van der Waals surface area (Å²) in [6, 6.07) is 17.6. The zero-order chi connectivity index (χ0) is 23.9. The zero-order valence-electron chi connectivity index (χ0n) is 19.3.